The third kappa shape index (κ3) is 8.12. The van der Waals surface area contributed by atoms with Gasteiger partial charge in [-0.1, -0.05) is 51.1 Å². The van der Waals surface area contributed by atoms with Gasteiger partial charge in [0.1, 0.15) is 10.7 Å². The fourth-order valence-electron chi connectivity index (χ4n) is 2.61. The monoisotopic (exact) mass is 538 g/mol. The summed E-state index contributed by atoms with van der Waals surface area (Å²) < 4.78 is 46.3. The van der Waals surface area contributed by atoms with E-state index in [0.29, 0.717) is 13.2 Å². The zero-order valence-corrected chi connectivity index (χ0v) is 23.3. The standard InChI is InChI=1S/C24H34N2O8SSi/c1-24(2,3)36(5,6)33-16-11-10-15-32-17-14-19-25-20(23(28)31-4)21(22(27)26-19)34-35(29,30)18-12-8-7-9-13-18/h7-13H,14-17H2,1-6H3,(H,25,26,27). The van der Waals surface area contributed by atoms with E-state index in [9.17, 15) is 18.0 Å². The van der Waals surface area contributed by atoms with Crippen molar-refractivity contribution < 1.29 is 31.3 Å². The Bertz CT molecular complexity index is 1220. The van der Waals surface area contributed by atoms with Crippen molar-refractivity contribution >= 4 is 24.4 Å². The summed E-state index contributed by atoms with van der Waals surface area (Å²) in [6, 6.07) is 7.23. The smallest absolute Gasteiger partial charge is 0.360 e. The second-order valence-electron chi connectivity index (χ2n) is 9.40. The van der Waals surface area contributed by atoms with Gasteiger partial charge in [-0.25, -0.2) is 9.78 Å². The Balaban J connectivity index is 2.01. The molecular formula is C24H34N2O8SSi. The average molecular weight is 539 g/mol. The molecule has 1 N–H and O–H groups in total. The number of carbonyl (C=O) groups is 1. The lowest BCUT2D eigenvalue weighted by molar-refractivity contribution is 0.0590. The highest BCUT2D eigenvalue weighted by molar-refractivity contribution is 7.87. The van der Waals surface area contributed by atoms with E-state index in [1.54, 1.807) is 6.07 Å². The van der Waals surface area contributed by atoms with E-state index in [2.05, 4.69) is 48.6 Å². The Kier molecular flexibility index (Phi) is 10.2. The molecule has 1 aromatic heterocycles. The van der Waals surface area contributed by atoms with Crippen molar-refractivity contribution in [3.63, 3.8) is 0 Å². The molecule has 0 amide bonds. The molecule has 0 bridgehead atoms. The summed E-state index contributed by atoms with van der Waals surface area (Å²) in [5.41, 5.74) is -1.47. The number of aromatic nitrogens is 2. The molecule has 12 heteroatoms. The number of H-pyrrole nitrogens is 1. The molecule has 0 saturated carbocycles. The fourth-order valence-corrected chi connectivity index (χ4v) is 4.52. The van der Waals surface area contributed by atoms with Crippen LogP contribution >= 0.6 is 0 Å². The van der Waals surface area contributed by atoms with E-state index in [0.717, 1.165) is 7.11 Å². The molecule has 0 radical (unpaired) electrons. The largest absolute Gasteiger partial charge is 0.464 e. The summed E-state index contributed by atoms with van der Waals surface area (Å²) in [6.07, 6.45) is 3.91. The van der Waals surface area contributed by atoms with Gasteiger partial charge in [0.25, 0.3) is 5.56 Å². The van der Waals surface area contributed by atoms with Crippen LogP contribution in [0.3, 0.4) is 0 Å². The predicted molar refractivity (Wildman–Crippen MR) is 137 cm³/mol. The van der Waals surface area contributed by atoms with Crippen LogP contribution in [-0.2, 0) is 30.4 Å². The van der Waals surface area contributed by atoms with Gasteiger partial charge in [-0.2, -0.15) is 8.42 Å². The van der Waals surface area contributed by atoms with Crippen LogP contribution in [0.1, 0.15) is 37.1 Å². The highest BCUT2D eigenvalue weighted by Gasteiger charge is 2.36. The topological polar surface area (TPSA) is 134 Å². The molecule has 10 nitrogen and oxygen atoms in total. The first-order valence-electron chi connectivity index (χ1n) is 11.4. The third-order valence-electron chi connectivity index (χ3n) is 5.74. The molecule has 198 valence electrons. The van der Waals surface area contributed by atoms with Crippen LogP contribution in [0.4, 0.5) is 0 Å². The number of hydrogen-bond donors (Lipinski definition) is 1. The molecule has 2 aromatic rings. The van der Waals surface area contributed by atoms with Crippen LogP contribution in [0.15, 0.2) is 52.2 Å². The molecule has 0 aliphatic heterocycles. The van der Waals surface area contributed by atoms with Crippen molar-refractivity contribution in [2.24, 2.45) is 0 Å². The molecule has 0 fully saturated rings. The van der Waals surface area contributed by atoms with E-state index >= 15 is 0 Å². The van der Waals surface area contributed by atoms with Gasteiger partial charge in [-0.05, 0) is 30.3 Å². The van der Waals surface area contributed by atoms with Gasteiger partial charge < -0.3 is 23.1 Å². The molecule has 36 heavy (non-hydrogen) atoms. The van der Waals surface area contributed by atoms with Gasteiger partial charge in [0.15, 0.2) is 14.0 Å². The number of ether oxygens (including phenoxy) is 2. The van der Waals surface area contributed by atoms with Gasteiger partial charge >= 0.3 is 16.1 Å². The van der Waals surface area contributed by atoms with E-state index in [1.807, 2.05) is 12.2 Å². The first-order valence-corrected chi connectivity index (χ1v) is 15.7. The fraction of sp³-hybridized carbons (Fsp3) is 0.458. The molecule has 0 aliphatic carbocycles. The van der Waals surface area contributed by atoms with E-state index < -0.39 is 41.4 Å². The zero-order chi connectivity index (χ0) is 27.0. The Hall–Kier alpha value is -2.80. The summed E-state index contributed by atoms with van der Waals surface area (Å²) in [7, 11) is -5.09. The summed E-state index contributed by atoms with van der Waals surface area (Å²) >= 11 is 0. The van der Waals surface area contributed by atoms with E-state index in [-0.39, 0.29) is 28.8 Å². The Labute approximate surface area is 212 Å². The summed E-state index contributed by atoms with van der Waals surface area (Å²) in [5, 5.41) is 0.136. The average Bonchev–Trinajstić information content (AvgIpc) is 2.81. The first-order chi connectivity index (χ1) is 16.8. The Morgan fingerprint density at radius 3 is 2.36 bits per heavy atom. The molecule has 0 atom stereocenters. The van der Waals surface area contributed by atoms with Crippen molar-refractivity contribution in [3.8, 4) is 5.75 Å². The maximum Gasteiger partial charge on any atom is 0.360 e. The number of nitrogens with one attached hydrogen (secondary N) is 1. The molecule has 1 aromatic carbocycles. The first kappa shape index (κ1) is 29.4. The predicted octanol–water partition coefficient (Wildman–Crippen LogP) is 3.46. The zero-order valence-electron chi connectivity index (χ0n) is 21.5. The molecular weight excluding hydrogens is 504 g/mol. The lowest BCUT2D eigenvalue weighted by atomic mass is 10.2. The maximum absolute atomic E-state index is 12.6. The minimum Gasteiger partial charge on any atom is -0.464 e. The number of nitrogens with zero attached hydrogens (tertiary/aromatic N) is 1. The lowest BCUT2D eigenvalue weighted by Crippen LogP contribution is -2.40. The minimum absolute atomic E-state index is 0.120. The SMILES string of the molecule is COC(=O)c1nc(CCOCC=CCO[Si](C)(C)C(C)(C)C)[nH]c(=O)c1OS(=O)(=O)c1ccccc1. The van der Waals surface area contributed by atoms with Crippen LogP contribution in [0.25, 0.3) is 0 Å². The second-order valence-corrected chi connectivity index (χ2v) is 15.8. The highest BCUT2D eigenvalue weighted by atomic mass is 32.2. The van der Waals surface area contributed by atoms with Gasteiger partial charge in [0.05, 0.1) is 26.9 Å². The van der Waals surface area contributed by atoms with E-state index in [1.165, 1.54) is 24.3 Å². The number of benzene rings is 1. The summed E-state index contributed by atoms with van der Waals surface area (Å²) in [6.45, 7) is 11.9. The van der Waals surface area contributed by atoms with Crippen molar-refractivity contribution in [3.05, 3.63) is 64.4 Å². The summed E-state index contributed by atoms with van der Waals surface area (Å²) in [5.74, 6) is -1.65. The van der Waals surface area contributed by atoms with Gasteiger partial charge in [-0.15, -0.1) is 0 Å². The third-order valence-corrected chi connectivity index (χ3v) is 11.5. The maximum atomic E-state index is 12.6. The van der Waals surface area contributed by atoms with Gasteiger partial charge in [0, 0.05) is 6.42 Å². The Morgan fingerprint density at radius 1 is 1.11 bits per heavy atom. The second kappa shape index (κ2) is 12.4. The molecule has 0 unspecified atom stereocenters. The van der Waals surface area contributed by atoms with Crippen LogP contribution in [0, 0.1) is 0 Å². The molecule has 0 aliphatic rings. The van der Waals surface area contributed by atoms with Crippen molar-refractivity contribution in [2.45, 2.75) is 50.2 Å². The van der Waals surface area contributed by atoms with Crippen LogP contribution in [0.5, 0.6) is 5.75 Å². The van der Waals surface area contributed by atoms with Gasteiger partial charge in [-0.3, -0.25) is 4.79 Å². The number of rotatable bonds is 12. The van der Waals surface area contributed by atoms with Crippen molar-refractivity contribution in [1.29, 1.82) is 0 Å². The number of methoxy groups -OCH3 is 1. The number of esters is 1. The highest BCUT2D eigenvalue weighted by Crippen LogP contribution is 2.36. The Morgan fingerprint density at radius 2 is 1.75 bits per heavy atom. The summed E-state index contributed by atoms with van der Waals surface area (Å²) in [4.78, 5) is 31.1. The molecule has 0 saturated heterocycles. The molecule has 1 heterocycles. The van der Waals surface area contributed by atoms with E-state index in [4.69, 9.17) is 13.3 Å². The number of carbonyl (C=O) groups excluding carboxylic acids is 1. The normalized spacial score (nSPS) is 12.6. The van der Waals surface area contributed by atoms with Crippen LogP contribution < -0.4 is 9.74 Å². The van der Waals surface area contributed by atoms with Crippen molar-refractivity contribution in [1.82, 2.24) is 9.97 Å². The van der Waals surface area contributed by atoms with Crippen LogP contribution in [-0.4, -0.2) is 59.6 Å². The molecule has 0 spiro atoms. The number of hydrogen-bond acceptors (Lipinski definition) is 9. The number of aromatic amines is 1. The van der Waals surface area contributed by atoms with Crippen LogP contribution in [0.2, 0.25) is 18.1 Å². The van der Waals surface area contributed by atoms with Gasteiger partial charge in [0.2, 0.25) is 5.75 Å². The molecule has 2 rings (SSSR count). The van der Waals surface area contributed by atoms with Crippen molar-refractivity contribution in [2.75, 3.05) is 26.9 Å². The minimum atomic E-state index is -4.37. The quantitative estimate of drug-likeness (QED) is 0.142. The lowest BCUT2D eigenvalue weighted by Gasteiger charge is -2.35.